The minimum absolute atomic E-state index is 0.212. The van der Waals surface area contributed by atoms with Crippen molar-refractivity contribution in [1.82, 2.24) is 9.88 Å². The van der Waals surface area contributed by atoms with Crippen molar-refractivity contribution in [2.75, 3.05) is 6.61 Å². The molecule has 0 spiro atoms. The van der Waals surface area contributed by atoms with E-state index in [9.17, 15) is 14.4 Å². The van der Waals surface area contributed by atoms with E-state index >= 15 is 0 Å². The number of furan rings is 1. The van der Waals surface area contributed by atoms with Crippen molar-refractivity contribution in [2.24, 2.45) is 0 Å². The van der Waals surface area contributed by atoms with Gasteiger partial charge >= 0.3 is 5.97 Å². The Hall–Kier alpha value is -3.39. The first-order valence-corrected chi connectivity index (χ1v) is 10.2. The highest BCUT2D eigenvalue weighted by molar-refractivity contribution is 7.07. The fourth-order valence-electron chi connectivity index (χ4n) is 2.69. The van der Waals surface area contributed by atoms with Gasteiger partial charge in [0.15, 0.2) is 0 Å². The summed E-state index contributed by atoms with van der Waals surface area (Å²) in [6, 6.07) is 11.2. The maximum atomic E-state index is 12.9. The number of ether oxygens (including phenoxy) is 1. The Kier molecular flexibility index (Phi) is 7.03. The zero-order valence-corrected chi connectivity index (χ0v) is 17.5. The molecule has 2 heterocycles. The Balaban J connectivity index is 1.93. The number of benzene rings is 1. The molecule has 3 aromatic rings. The van der Waals surface area contributed by atoms with E-state index in [4.69, 9.17) is 9.15 Å². The predicted molar refractivity (Wildman–Crippen MR) is 114 cm³/mol. The molecule has 0 radical (unpaired) electrons. The Labute approximate surface area is 176 Å². The highest BCUT2D eigenvalue weighted by Crippen LogP contribution is 2.03. The fourth-order valence-corrected chi connectivity index (χ4v) is 3.72. The molecular formula is C22H22N2O5S. The Morgan fingerprint density at radius 3 is 2.67 bits per heavy atom. The quantitative estimate of drug-likeness (QED) is 0.575. The van der Waals surface area contributed by atoms with Crippen LogP contribution in [0.5, 0.6) is 0 Å². The van der Waals surface area contributed by atoms with Crippen molar-refractivity contribution in [1.29, 1.82) is 0 Å². The van der Waals surface area contributed by atoms with Gasteiger partial charge in [-0.2, -0.15) is 0 Å². The van der Waals surface area contributed by atoms with Crippen molar-refractivity contribution in [3.05, 3.63) is 79.1 Å². The summed E-state index contributed by atoms with van der Waals surface area (Å²) in [4.78, 5) is 37.3. The zero-order chi connectivity index (χ0) is 21.5. The Morgan fingerprint density at radius 1 is 1.23 bits per heavy atom. The van der Waals surface area contributed by atoms with Gasteiger partial charge in [0.1, 0.15) is 17.0 Å². The normalized spacial score (nSPS) is 12.2. The second kappa shape index (κ2) is 9.89. The number of nitrogens with zero attached hydrogens (tertiary/aromatic N) is 1. The third-order valence-corrected chi connectivity index (χ3v) is 5.24. The highest BCUT2D eigenvalue weighted by atomic mass is 32.1. The summed E-state index contributed by atoms with van der Waals surface area (Å²) in [6.07, 6.45) is 4.50. The van der Waals surface area contributed by atoms with Crippen LogP contribution in [0.3, 0.4) is 0 Å². The van der Waals surface area contributed by atoms with Crippen LogP contribution in [-0.2, 0) is 27.4 Å². The number of carbonyl (C=O) groups excluding carboxylic acids is 2. The van der Waals surface area contributed by atoms with Gasteiger partial charge in [-0.15, -0.1) is 11.3 Å². The van der Waals surface area contributed by atoms with Gasteiger partial charge < -0.3 is 14.5 Å². The van der Waals surface area contributed by atoms with E-state index in [1.165, 1.54) is 16.9 Å². The third-order valence-electron chi connectivity index (χ3n) is 4.18. The van der Waals surface area contributed by atoms with Crippen LogP contribution in [0, 0.1) is 6.92 Å². The molecule has 0 bridgehead atoms. The summed E-state index contributed by atoms with van der Waals surface area (Å²) in [5, 5.41) is 2.70. The first-order valence-electron chi connectivity index (χ1n) is 9.42. The number of hydrogen-bond donors (Lipinski definition) is 1. The Morgan fingerprint density at radius 2 is 2.00 bits per heavy atom. The lowest BCUT2D eigenvalue weighted by molar-refractivity contribution is -0.135. The van der Waals surface area contributed by atoms with Crippen molar-refractivity contribution in [3.63, 3.8) is 0 Å². The van der Waals surface area contributed by atoms with Gasteiger partial charge in [-0.3, -0.25) is 14.2 Å². The standard InChI is InChI=1S/C22H22N2O5S/c1-3-28-21(26)12-20-24(14-19(25)23-13-17-5-4-10-29-17)22(27)18(30-20)11-16-8-6-15(2)7-9-16/h4-12H,3,13-14H2,1-2H3,(H,23,25)/b18-11+,20-12-. The van der Waals surface area contributed by atoms with E-state index in [0.717, 1.165) is 22.5 Å². The van der Waals surface area contributed by atoms with Crippen LogP contribution in [0.25, 0.3) is 12.2 Å². The molecular weight excluding hydrogens is 404 g/mol. The fraction of sp³-hybridized carbons (Fsp3) is 0.227. The molecule has 1 amide bonds. The molecule has 1 N–H and O–H groups in total. The van der Waals surface area contributed by atoms with Crippen molar-refractivity contribution in [3.8, 4) is 0 Å². The van der Waals surface area contributed by atoms with Crippen LogP contribution in [0.2, 0.25) is 0 Å². The maximum absolute atomic E-state index is 12.9. The second-order valence-electron chi connectivity index (χ2n) is 6.50. The molecule has 0 aliphatic carbocycles. The van der Waals surface area contributed by atoms with E-state index in [-0.39, 0.29) is 31.2 Å². The molecule has 0 unspecified atom stereocenters. The number of rotatable bonds is 7. The maximum Gasteiger partial charge on any atom is 0.333 e. The van der Waals surface area contributed by atoms with Crippen molar-refractivity contribution < 1.29 is 18.7 Å². The lowest BCUT2D eigenvalue weighted by Gasteiger charge is -2.04. The molecule has 8 heteroatoms. The van der Waals surface area contributed by atoms with Gasteiger partial charge in [0.05, 0.1) is 30.0 Å². The summed E-state index contributed by atoms with van der Waals surface area (Å²) in [5.41, 5.74) is 1.63. The average molecular weight is 426 g/mol. The largest absolute Gasteiger partial charge is 0.467 e. The van der Waals surface area contributed by atoms with Gasteiger partial charge in [0.25, 0.3) is 5.56 Å². The molecule has 1 aromatic carbocycles. The number of aryl methyl sites for hydroxylation is 1. The molecule has 0 atom stereocenters. The third kappa shape index (κ3) is 5.57. The van der Waals surface area contributed by atoms with E-state index in [1.54, 1.807) is 25.1 Å². The summed E-state index contributed by atoms with van der Waals surface area (Å²) in [7, 11) is 0. The molecule has 0 aliphatic rings. The first-order chi connectivity index (χ1) is 14.5. The summed E-state index contributed by atoms with van der Waals surface area (Å²) in [5.74, 6) is -0.329. The smallest absolute Gasteiger partial charge is 0.333 e. The highest BCUT2D eigenvalue weighted by Gasteiger charge is 2.11. The van der Waals surface area contributed by atoms with Crippen LogP contribution in [-0.4, -0.2) is 23.1 Å². The molecule has 0 aliphatic heterocycles. The van der Waals surface area contributed by atoms with Crippen LogP contribution in [0.1, 0.15) is 23.8 Å². The van der Waals surface area contributed by atoms with Crippen LogP contribution in [0.15, 0.2) is 51.9 Å². The lowest BCUT2D eigenvalue weighted by atomic mass is 10.1. The minimum atomic E-state index is -0.564. The monoisotopic (exact) mass is 426 g/mol. The number of thiazole rings is 1. The molecule has 7 nitrogen and oxygen atoms in total. The molecule has 156 valence electrons. The summed E-state index contributed by atoms with van der Waals surface area (Å²) in [6.45, 7) is 3.89. The van der Waals surface area contributed by atoms with Gasteiger partial charge in [0, 0.05) is 0 Å². The second-order valence-corrected chi connectivity index (χ2v) is 7.57. The summed E-state index contributed by atoms with van der Waals surface area (Å²) >= 11 is 1.14. The average Bonchev–Trinajstić information content (AvgIpc) is 3.33. The van der Waals surface area contributed by atoms with Gasteiger partial charge in [0.2, 0.25) is 5.91 Å². The molecule has 0 saturated carbocycles. The van der Waals surface area contributed by atoms with Gasteiger partial charge in [-0.25, -0.2) is 4.79 Å². The van der Waals surface area contributed by atoms with Gasteiger partial charge in [-0.05, 0) is 37.6 Å². The van der Waals surface area contributed by atoms with E-state index in [0.29, 0.717) is 15.0 Å². The SMILES string of the molecule is CCOC(=O)/C=c1\s/c(=C/c2ccc(C)cc2)c(=O)n1CC(=O)NCc1ccco1. The van der Waals surface area contributed by atoms with E-state index in [2.05, 4.69) is 5.32 Å². The molecule has 2 aromatic heterocycles. The van der Waals surface area contributed by atoms with Crippen LogP contribution >= 0.6 is 11.3 Å². The molecule has 0 saturated heterocycles. The number of aromatic nitrogens is 1. The Bertz CT molecular complexity index is 1190. The van der Waals surface area contributed by atoms with Crippen LogP contribution in [0.4, 0.5) is 0 Å². The number of nitrogens with one attached hydrogen (secondary N) is 1. The lowest BCUT2D eigenvalue weighted by Crippen LogP contribution is -2.38. The van der Waals surface area contributed by atoms with Gasteiger partial charge in [-0.1, -0.05) is 29.8 Å². The van der Waals surface area contributed by atoms with Crippen molar-refractivity contribution >= 4 is 35.4 Å². The predicted octanol–water partition coefficient (Wildman–Crippen LogP) is 1.30. The first kappa shape index (κ1) is 21.3. The zero-order valence-electron chi connectivity index (χ0n) is 16.7. The minimum Gasteiger partial charge on any atom is -0.467 e. The molecule has 30 heavy (non-hydrogen) atoms. The number of esters is 1. The van der Waals surface area contributed by atoms with E-state index < -0.39 is 5.97 Å². The summed E-state index contributed by atoms with van der Waals surface area (Å²) < 4.78 is 12.2. The number of hydrogen-bond acceptors (Lipinski definition) is 6. The molecule has 0 fully saturated rings. The van der Waals surface area contributed by atoms with Crippen molar-refractivity contribution in [2.45, 2.75) is 26.9 Å². The topological polar surface area (TPSA) is 90.5 Å². The molecule has 3 rings (SSSR count). The number of amides is 1. The van der Waals surface area contributed by atoms with Crippen LogP contribution < -0.4 is 20.1 Å². The number of carbonyl (C=O) groups is 2. The van der Waals surface area contributed by atoms with E-state index in [1.807, 2.05) is 31.2 Å².